The summed E-state index contributed by atoms with van der Waals surface area (Å²) in [5, 5.41) is 1.28. The van der Waals surface area contributed by atoms with Gasteiger partial charge in [0.2, 0.25) is 0 Å². The Morgan fingerprint density at radius 1 is 1.31 bits per heavy atom. The van der Waals surface area contributed by atoms with E-state index in [0.717, 1.165) is 4.47 Å². The lowest BCUT2D eigenvalue weighted by Crippen LogP contribution is -2.31. The maximum absolute atomic E-state index is 6.23. The number of aromatic nitrogens is 1. The van der Waals surface area contributed by atoms with Gasteiger partial charge >= 0.3 is 0 Å². The summed E-state index contributed by atoms with van der Waals surface area (Å²) in [5.74, 6) is 0. The number of fused-ring (bicyclic) bond motifs is 1. The second kappa shape index (κ2) is 3.60. The predicted molar refractivity (Wildman–Crippen MR) is 72.6 cm³/mol. The third-order valence-electron chi connectivity index (χ3n) is 3.03. The summed E-state index contributed by atoms with van der Waals surface area (Å²) in [4.78, 5) is 0. The fraction of sp³-hybridized carbons (Fsp3) is 0.385. The first-order valence-corrected chi connectivity index (χ1v) is 6.15. The minimum atomic E-state index is -0.315. The molecular formula is C13H17BrN2. The molecule has 2 nitrogen and oxygen atoms in total. The molecule has 16 heavy (non-hydrogen) atoms. The van der Waals surface area contributed by atoms with E-state index < -0.39 is 0 Å². The molecule has 1 aromatic heterocycles. The van der Waals surface area contributed by atoms with Gasteiger partial charge in [0.25, 0.3) is 0 Å². The van der Waals surface area contributed by atoms with Crippen LogP contribution < -0.4 is 5.73 Å². The highest BCUT2D eigenvalue weighted by molar-refractivity contribution is 9.10. The van der Waals surface area contributed by atoms with Gasteiger partial charge in [-0.3, -0.25) is 0 Å². The molecule has 0 fully saturated rings. The fourth-order valence-electron chi connectivity index (χ4n) is 2.51. The second-order valence-corrected chi connectivity index (χ2v) is 5.83. The summed E-state index contributed by atoms with van der Waals surface area (Å²) in [6.45, 7) is 6.23. The number of hydrogen-bond acceptors (Lipinski definition) is 1. The molecule has 2 N–H and O–H groups in total. The highest BCUT2D eigenvalue weighted by Crippen LogP contribution is 2.32. The van der Waals surface area contributed by atoms with Crippen LogP contribution in [0.2, 0.25) is 0 Å². The molecule has 0 aliphatic heterocycles. The highest BCUT2D eigenvalue weighted by Gasteiger charge is 2.23. The summed E-state index contributed by atoms with van der Waals surface area (Å²) in [7, 11) is 2.08. The minimum absolute atomic E-state index is 0.315. The van der Waals surface area contributed by atoms with Gasteiger partial charge in [-0.2, -0.15) is 0 Å². The summed E-state index contributed by atoms with van der Waals surface area (Å²) < 4.78 is 3.29. The monoisotopic (exact) mass is 280 g/mol. The smallest absolute Gasteiger partial charge is 0.0509 e. The van der Waals surface area contributed by atoms with Gasteiger partial charge in [-0.1, -0.05) is 22.0 Å². The van der Waals surface area contributed by atoms with Gasteiger partial charge in [0.1, 0.15) is 0 Å². The molecule has 0 atom stereocenters. The predicted octanol–water partition coefficient (Wildman–Crippen LogP) is 3.44. The minimum Gasteiger partial charge on any atom is -0.346 e. The average molecular weight is 281 g/mol. The Balaban J connectivity index is 2.87. The molecule has 0 aliphatic rings. The van der Waals surface area contributed by atoms with Crippen molar-refractivity contribution in [2.75, 3.05) is 0 Å². The fourth-order valence-corrected chi connectivity index (χ4v) is 2.86. The number of rotatable bonds is 1. The van der Waals surface area contributed by atoms with Crippen molar-refractivity contribution in [2.45, 2.75) is 26.3 Å². The molecule has 0 radical (unpaired) electrons. The van der Waals surface area contributed by atoms with Crippen LogP contribution in [0.4, 0.5) is 0 Å². The standard InChI is InChI=1S/C13H17BrN2/c1-8-10-6-5-9(14)7-11(10)16(4)12(8)13(2,3)15/h5-7H,15H2,1-4H3. The van der Waals surface area contributed by atoms with E-state index in [0.29, 0.717) is 0 Å². The Morgan fingerprint density at radius 2 is 1.94 bits per heavy atom. The number of hydrogen-bond donors (Lipinski definition) is 1. The van der Waals surface area contributed by atoms with E-state index in [2.05, 4.69) is 52.7 Å². The lowest BCUT2D eigenvalue weighted by Gasteiger charge is -2.21. The van der Waals surface area contributed by atoms with Crippen LogP contribution in [0, 0.1) is 6.92 Å². The first kappa shape index (κ1) is 11.7. The normalized spacial score (nSPS) is 12.4. The Bertz CT molecular complexity index is 547. The summed E-state index contributed by atoms with van der Waals surface area (Å²) in [6, 6.07) is 6.35. The molecule has 1 heterocycles. The summed E-state index contributed by atoms with van der Waals surface area (Å²) >= 11 is 3.51. The molecule has 0 unspecified atom stereocenters. The van der Waals surface area contributed by atoms with Crippen LogP contribution in [0.25, 0.3) is 10.9 Å². The van der Waals surface area contributed by atoms with Crippen LogP contribution >= 0.6 is 15.9 Å². The maximum Gasteiger partial charge on any atom is 0.0509 e. The molecule has 86 valence electrons. The molecule has 0 amide bonds. The number of nitrogens with zero attached hydrogens (tertiary/aromatic N) is 1. The lowest BCUT2D eigenvalue weighted by molar-refractivity contribution is 0.513. The van der Waals surface area contributed by atoms with Crippen molar-refractivity contribution < 1.29 is 0 Å². The van der Waals surface area contributed by atoms with E-state index in [1.807, 2.05) is 13.8 Å². The summed E-state index contributed by atoms with van der Waals surface area (Å²) in [5.41, 5.74) is 9.61. The maximum atomic E-state index is 6.23. The Labute approximate surface area is 105 Å². The van der Waals surface area contributed by atoms with Crippen LogP contribution in [0.1, 0.15) is 25.1 Å². The molecule has 0 saturated heterocycles. The molecule has 2 aromatic rings. The number of aryl methyl sites for hydroxylation is 2. The Hall–Kier alpha value is -0.800. The van der Waals surface area contributed by atoms with Crippen molar-refractivity contribution >= 4 is 26.8 Å². The third-order valence-corrected chi connectivity index (χ3v) is 3.52. The van der Waals surface area contributed by atoms with E-state index in [4.69, 9.17) is 5.73 Å². The average Bonchev–Trinajstić information content (AvgIpc) is 2.38. The van der Waals surface area contributed by atoms with Crippen molar-refractivity contribution in [1.82, 2.24) is 4.57 Å². The van der Waals surface area contributed by atoms with Crippen LogP contribution in [-0.2, 0) is 12.6 Å². The van der Waals surface area contributed by atoms with Gasteiger partial charge in [0, 0.05) is 28.1 Å². The largest absolute Gasteiger partial charge is 0.346 e. The summed E-state index contributed by atoms with van der Waals surface area (Å²) in [6.07, 6.45) is 0. The van der Waals surface area contributed by atoms with Gasteiger partial charge in [-0.05, 0) is 38.5 Å². The van der Waals surface area contributed by atoms with Gasteiger partial charge in [-0.25, -0.2) is 0 Å². The van der Waals surface area contributed by atoms with Crippen LogP contribution in [0.5, 0.6) is 0 Å². The van der Waals surface area contributed by atoms with Gasteiger partial charge < -0.3 is 10.3 Å². The first-order valence-electron chi connectivity index (χ1n) is 5.36. The van der Waals surface area contributed by atoms with E-state index in [9.17, 15) is 0 Å². The van der Waals surface area contributed by atoms with E-state index in [1.54, 1.807) is 0 Å². The number of nitrogens with two attached hydrogens (primary N) is 1. The van der Waals surface area contributed by atoms with Crippen molar-refractivity contribution in [3.63, 3.8) is 0 Å². The third kappa shape index (κ3) is 1.68. The van der Waals surface area contributed by atoms with Crippen molar-refractivity contribution in [1.29, 1.82) is 0 Å². The Kier molecular flexibility index (Phi) is 2.63. The number of benzene rings is 1. The van der Waals surface area contributed by atoms with Gasteiger partial charge in [-0.15, -0.1) is 0 Å². The zero-order valence-corrected chi connectivity index (χ0v) is 11.7. The molecule has 2 rings (SSSR count). The second-order valence-electron chi connectivity index (χ2n) is 4.92. The topological polar surface area (TPSA) is 30.9 Å². The molecular weight excluding hydrogens is 264 g/mol. The van der Waals surface area contributed by atoms with Crippen LogP contribution in [0.3, 0.4) is 0 Å². The molecule has 0 saturated carbocycles. The zero-order chi connectivity index (χ0) is 12.1. The van der Waals surface area contributed by atoms with Crippen LogP contribution in [0.15, 0.2) is 22.7 Å². The highest BCUT2D eigenvalue weighted by atomic mass is 79.9. The lowest BCUT2D eigenvalue weighted by atomic mass is 9.98. The van der Waals surface area contributed by atoms with Crippen molar-refractivity contribution in [2.24, 2.45) is 12.8 Å². The van der Waals surface area contributed by atoms with Gasteiger partial charge in [0.15, 0.2) is 0 Å². The Morgan fingerprint density at radius 3 is 2.50 bits per heavy atom. The molecule has 3 heteroatoms. The SMILES string of the molecule is Cc1c(C(C)(C)N)n(C)c2cc(Br)ccc12. The van der Waals surface area contributed by atoms with Crippen LogP contribution in [-0.4, -0.2) is 4.57 Å². The molecule has 0 spiro atoms. The zero-order valence-electron chi connectivity index (χ0n) is 10.1. The molecule has 0 bridgehead atoms. The van der Waals surface area contributed by atoms with Gasteiger partial charge in [0.05, 0.1) is 5.54 Å². The molecule has 1 aromatic carbocycles. The van der Waals surface area contributed by atoms with Crippen molar-refractivity contribution in [3.8, 4) is 0 Å². The quantitative estimate of drug-likeness (QED) is 0.852. The number of halogens is 1. The van der Waals surface area contributed by atoms with Crippen molar-refractivity contribution in [3.05, 3.63) is 33.9 Å². The molecule has 0 aliphatic carbocycles. The first-order chi connectivity index (χ1) is 7.32. The van der Waals surface area contributed by atoms with E-state index >= 15 is 0 Å². The van der Waals surface area contributed by atoms with E-state index in [1.165, 1.54) is 22.2 Å². The van der Waals surface area contributed by atoms with E-state index in [-0.39, 0.29) is 5.54 Å².